The zero-order chi connectivity index (χ0) is 15.7. The van der Waals surface area contributed by atoms with Crippen LogP contribution in [0, 0.1) is 5.92 Å². The van der Waals surface area contributed by atoms with Crippen molar-refractivity contribution in [2.75, 3.05) is 0 Å². The van der Waals surface area contributed by atoms with Crippen molar-refractivity contribution in [3.8, 4) is 0 Å². The number of carbonyl (C=O) groups excluding carboxylic acids is 1. The lowest BCUT2D eigenvalue weighted by atomic mass is 10.2. The Morgan fingerprint density at radius 1 is 1.33 bits per heavy atom. The minimum Gasteiger partial charge on any atom is -0.324 e. The summed E-state index contributed by atoms with van der Waals surface area (Å²) in [4.78, 5) is 39.9. The van der Waals surface area contributed by atoms with Gasteiger partial charge in [0.25, 0.3) is 5.56 Å². The van der Waals surface area contributed by atoms with E-state index in [0.717, 1.165) is 4.57 Å². The summed E-state index contributed by atoms with van der Waals surface area (Å²) in [6.07, 6.45) is 1.85. The van der Waals surface area contributed by atoms with E-state index in [2.05, 4.69) is 4.98 Å². The van der Waals surface area contributed by atoms with Crippen LogP contribution in [0.1, 0.15) is 27.2 Å². The van der Waals surface area contributed by atoms with Crippen LogP contribution < -0.4 is 11.2 Å². The van der Waals surface area contributed by atoms with E-state index in [4.69, 9.17) is 0 Å². The SMILES string of the molecule is CC(=O)CCn1cnc2c1c(=O)n(C)c(=O)n2CC(C)C. The van der Waals surface area contributed by atoms with E-state index >= 15 is 0 Å². The molecule has 114 valence electrons. The molecule has 2 aromatic heterocycles. The van der Waals surface area contributed by atoms with Gasteiger partial charge in [0.1, 0.15) is 5.78 Å². The molecule has 2 rings (SSSR count). The van der Waals surface area contributed by atoms with E-state index in [-0.39, 0.29) is 23.0 Å². The van der Waals surface area contributed by atoms with Crippen LogP contribution in [0.15, 0.2) is 15.9 Å². The highest BCUT2D eigenvalue weighted by Crippen LogP contribution is 2.09. The predicted molar refractivity (Wildman–Crippen MR) is 79.4 cm³/mol. The van der Waals surface area contributed by atoms with Gasteiger partial charge in [0.2, 0.25) is 0 Å². The fourth-order valence-electron chi connectivity index (χ4n) is 2.28. The first kappa shape index (κ1) is 15.2. The molecule has 0 unspecified atom stereocenters. The number of Topliss-reactive ketones (excluding diaryl/α,β-unsaturated/α-hetero) is 1. The van der Waals surface area contributed by atoms with Crippen LogP contribution in [0.4, 0.5) is 0 Å². The average Bonchev–Trinajstić information content (AvgIpc) is 2.82. The number of imidazole rings is 1. The van der Waals surface area contributed by atoms with Gasteiger partial charge in [0, 0.05) is 26.6 Å². The number of hydrogen-bond acceptors (Lipinski definition) is 4. The van der Waals surface area contributed by atoms with Crippen molar-refractivity contribution in [2.45, 2.75) is 40.3 Å². The molecule has 2 aromatic rings. The summed E-state index contributed by atoms with van der Waals surface area (Å²) in [6.45, 7) is 6.38. The second-order valence-electron chi connectivity index (χ2n) is 5.71. The van der Waals surface area contributed by atoms with Gasteiger partial charge in [0.05, 0.1) is 6.33 Å². The average molecular weight is 292 g/mol. The lowest BCUT2D eigenvalue weighted by Gasteiger charge is -2.11. The van der Waals surface area contributed by atoms with E-state index in [1.807, 2.05) is 13.8 Å². The van der Waals surface area contributed by atoms with Gasteiger partial charge >= 0.3 is 5.69 Å². The first-order valence-electron chi connectivity index (χ1n) is 6.97. The number of aryl methyl sites for hydroxylation is 1. The molecule has 0 aliphatic heterocycles. The number of fused-ring (bicyclic) bond motifs is 1. The van der Waals surface area contributed by atoms with E-state index in [1.54, 1.807) is 4.57 Å². The molecule has 7 heteroatoms. The van der Waals surface area contributed by atoms with Gasteiger partial charge in [-0.2, -0.15) is 0 Å². The number of carbonyl (C=O) groups is 1. The fraction of sp³-hybridized carbons (Fsp3) is 0.571. The van der Waals surface area contributed by atoms with Crippen molar-refractivity contribution in [1.82, 2.24) is 18.7 Å². The molecule has 0 spiro atoms. The predicted octanol–water partition coefficient (Wildman–Crippen LogP) is 0.532. The zero-order valence-corrected chi connectivity index (χ0v) is 12.8. The largest absolute Gasteiger partial charge is 0.332 e. The number of rotatable bonds is 5. The number of hydrogen-bond donors (Lipinski definition) is 0. The Kier molecular flexibility index (Phi) is 4.11. The van der Waals surface area contributed by atoms with E-state index < -0.39 is 0 Å². The number of nitrogens with zero attached hydrogens (tertiary/aromatic N) is 4. The van der Waals surface area contributed by atoms with Crippen molar-refractivity contribution in [2.24, 2.45) is 13.0 Å². The molecule has 0 aliphatic carbocycles. The van der Waals surface area contributed by atoms with E-state index in [1.165, 1.54) is 24.9 Å². The number of aromatic nitrogens is 4. The fourth-order valence-corrected chi connectivity index (χ4v) is 2.28. The summed E-state index contributed by atoms with van der Waals surface area (Å²) in [5.41, 5.74) is 0.0217. The molecule has 0 fully saturated rings. The van der Waals surface area contributed by atoms with Gasteiger partial charge < -0.3 is 4.57 Å². The van der Waals surface area contributed by atoms with Crippen molar-refractivity contribution >= 4 is 16.9 Å². The van der Waals surface area contributed by atoms with Crippen molar-refractivity contribution in [1.29, 1.82) is 0 Å². The molecule has 0 bridgehead atoms. The molecule has 0 saturated heterocycles. The first-order chi connectivity index (χ1) is 9.82. The highest BCUT2D eigenvalue weighted by Gasteiger charge is 2.16. The third kappa shape index (κ3) is 2.81. The maximum absolute atomic E-state index is 12.3. The molecule has 0 radical (unpaired) electrons. The quantitative estimate of drug-likeness (QED) is 0.805. The minimum absolute atomic E-state index is 0.0455. The number of ketones is 1. The Balaban J connectivity index is 2.68. The topological polar surface area (TPSA) is 78.9 Å². The van der Waals surface area contributed by atoms with Gasteiger partial charge in [-0.3, -0.25) is 18.7 Å². The highest BCUT2D eigenvalue weighted by atomic mass is 16.2. The molecule has 0 aliphatic rings. The standard InChI is InChI=1S/C14H20N4O3/c1-9(2)7-18-12-11(13(20)16(4)14(18)21)17(8-15-12)6-5-10(3)19/h8-9H,5-7H2,1-4H3. The Morgan fingerprint density at radius 3 is 2.57 bits per heavy atom. The van der Waals surface area contributed by atoms with Gasteiger partial charge in [-0.05, 0) is 12.8 Å². The van der Waals surface area contributed by atoms with E-state index in [9.17, 15) is 14.4 Å². The summed E-state index contributed by atoms with van der Waals surface area (Å²) in [5, 5.41) is 0. The molecular weight excluding hydrogens is 272 g/mol. The Bertz CT molecular complexity index is 795. The van der Waals surface area contributed by atoms with Crippen molar-refractivity contribution < 1.29 is 4.79 Å². The minimum atomic E-state index is -0.379. The summed E-state index contributed by atoms with van der Waals surface area (Å²) in [7, 11) is 1.46. The van der Waals surface area contributed by atoms with Crippen LogP contribution in [0.2, 0.25) is 0 Å². The normalized spacial score (nSPS) is 11.5. The van der Waals surface area contributed by atoms with Crippen molar-refractivity contribution in [3.63, 3.8) is 0 Å². The second kappa shape index (κ2) is 5.67. The van der Waals surface area contributed by atoms with Gasteiger partial charge in [-0.1, -0.05) is 13.8 Å². The van der Waals surface area contributed by atoms with Gasteiger partial charge in [0.15, 0.2) is 11.2 Å². The summed E-state index contributed by atoms with van der Waals surface area (Å²) in [5.74, 6) is 0.301. The maximum Gasteiger partial charge on any atom is 0.332 e. The molecule has 0 saturated carbocycles. The monoisotopic (exact) mass is 292 g/mol. The summed E-state index contributed by atoms with van der Waals surface area (Å²) < 4.78 is 4.26. The lowest BCUT2D eigenvalue weighted by Crippen LogP contribution is -2.39. The van der Waals surface area contributed by atoms with Gasteiger partial charge in [-0.25, -0.2) is 9.78 Å². The molecular formula is C14H20N4O3. The second-order valence-corrected chi connectivity index (χ2v) is 5.71. The molecule has 0 aromatic carbocycles. The third-order valence-corrected chi connectivity index (χ3v) is 3.35. The van der Waals surface area contributed by atoms with Crippen LogP contribution in [-0.2, 0) is 24.9 Å². The lowest BCUT2D eigenvalue weighted by molar-refractivity contribution is -0.117. The molecule has 0 amide bonds. The highest BCUT2D eigenvalue weighted by molar-refractivity contribution is 5.76. The van der Waals surface area contributed by atoms with Crippen LogP contribution in [-0.4, -0.2) is 24.5 Å². The van der Waals surface area contributed by atoms with Crippen LogP contribution >= 0.6 is 0 Å². The maximum atomic E-state index is 12.3. The molecule has 2 heterocycles. The molecule has 0 N–H and O–H groups in total. The van der Waals surface area contributed by atoms with Gasteiger partial charge in [-0.15, -0.1) is 0 Å². The Labute approximate surface area is 121 Å². The van der Waals surface area contributed by atoms with Crippen LogP contribution in [0.3, 0.4) is 0 Å². The first-order valence-corrected chi connectivity index (χ1v) is 6.97. The molecule has 21 heavy (non-hydrogen) atoms. The van der Waals surface area contributed by atoms with Crippen molar-refractivity contribution in [3.05, 3.63) is 27.2 Å². The third-order valence-electron chi connectivity index (χ3n) is 3.35. The van der Waals surface area contributed by atoms with Crippen LogP contribution in [0.5, 0.6) is 0 Å². The molecule has 7 nitrogen and oxygen atoms in total. The Morgan fingerprint density at radius 2 is 2.00 bits per heavy atom. The zero-order valence-electron chi connectivity index (χ0n) is 12.8. The summed E-state index contributed by atoms with van der Waals surface area (Å²) >= 11 is 0. The van der Waals surface area contributed by atoms with Crippen LogP contribution in [0.25, 0.3) is 11.2 Å². The molecule has 0 atom stereocenters. The Hall–Kier alpha value is -2.18. The smallest absolute Gasteiger partial charge is 0.324 e. The van der Waals surface area contributed by atoms with E-state index in [0.29, 0.717) is 30.7 Å². The summed E-state index contributed by atoms with van der Waals surface area (Å²) in [6, 6.07) is 0.